The van der Waals surface area contributed by atoms with Gasteiger partial charge in [0, 0.05) is 10.9 Å². The average molecular weight is 247 g/mol. The SMILES string of the molecule is CCCC(Cl)CCc1c(F)ccc(C)c1F. The molecule has 1 atom stereocenters. The maximum Gasteiger partial charge on any atom is 0.132 e. The topological polar surface area (TPSA) is 0 Å². The molecule has 0 saturated carbocycles. The van der Waals surface area contributed by atoms with Crippen molar-refractivity contribution in [3.8, 4) is 0 Å². The highest BCUT2D eigenvalue weighted by atomic mass is 35.5. The number of aryl methyl sites for hydroxylation is 1. The maximum absolute atomic E-state index is 13.6. The Balaban J connectivity index is 2.70. The van der Waals surface area contributed by atoms with Crippen molar-refractivity contribution in [3.63, 3.8) is 0 Å². The monoisotopic (exact) mass is 246 g/mol. The Morgan fingerprint density at radius 1 is 1.25 bits per heavy atom. The van der Waals surface area contributed by atoms with Crippen molar-refractivity contribution in [3.05, 3.63) is 34.9 Å². The zero-order chi connectivity index (χ0) is 12.1. The van der Waals surface area contributed by atoms with Crippen LogP contribution in [0.2, 0.25) is 0 Å². The fourth-order valence-electron chi connectivity index (χ4n) is 1.70. The molecule has 0 radical (unpaired) electrons. The Morgan fingerprint density at radius 2 is 1.94 bits per heavy atom. The molecule has 0 saturated heterocycles. The summed E-state index contributed by atoms with van der Waals surface area (Å²) >= 11 is 6.03. The van der Waals surface area contributed by atoms with Gasteiger partial charge in [0.1, 0.15) is 11.6 Å². The van der Waals surface area contributed by atoms with Crippen molar-refractivity contribution in [1.82, 2.24) is 0 Å². The Kier molecular flexibility index (Phi) is 5.20. The third kappa shape index (κ3) is 3.44. The highest BCUT2D eigenvalue weighted by molar-refractivity contribution is 6.20. The lowest BCUT2D eigenvalue weighted by atomic mass is 10.0. The molecule has 0 nitrogen and oxygen atoms in total. The Morgan fingerprint density at radius 3 is 2.56 bits per heavy atom. The second-order valence-electron chi connectivity index (χ2n) is 4.08. The summed E-state index contributed by atoms with van der Waals surface area (Å²) in [6.07, 6.45) is 2.86. The molecule has 1 rings (SSSR count). The number of rotatable bonds is 5. The minimum absolute atomic E-state index is 0.00399. The van der Waals surface area contributed by atoms with E-state index in [1.807, 2.05) is 6.92 Å². The molecule has 16 heavy (non-hydrogen) atoms. The molecule has 1 aromatic rings. The fraction of sp³-hybridized carbons (Fsp3) is 0.538. The highest BCUT2D eigenvalue weighted by Gasteiger charge is 2.13. The van der Waals surface area contributed by atoms with Crippen LogP contribution in [0.1, 0.15) is 37.3 Å². The van der Waals surface area contributed by atoms with Crippen LogP contribution in [-0.2, 0) is 6.42 Å². The summed E-state index contributed by atoms with van der Waals surface area (Å²) in [6, 6.07) is 2.77. The van der Waals surface area contributed by atoms with Crippen LogP contribution < -0.4 is 0 Å². The predicted molar refractivity (Wildman–Crippen MR) is 64.0 cm³/mol. The molecule has 0 aliphatic heterocycles. The molecular weight excluding hydrogens is 230 g/mol. The van der Waals surface area contributed by atoms with Crippen LogP contribution in [0.5, 0.6) is 0 Å². The number of hydrogen-bond donors (Lipinski definition) is 0. The molecule has 0 spiro atoms. The van der Waals surface area contributed by atoms with E-state index in [2.05, 4.69) is 0 Å². The van der Waals surface area contributed by atoms with Crippen molar-refractivity contribution < 1.29 is 8.78 Å². The zero-order valence-electron chi connectivity index (χ0n) is 9.69. The van der Waals surface area contributed by atoms with E-state index in [1.54, 1.807) is 6.92 Å². The minimum atomic E-state index is -0.469. The van der Waals surface area contributed by atoms with Gasteiger partial charge in [0.2, 0.25) is 0 Å². The van der Waals surface area contributed by atoms with E-state index in [9.17, 15) is 8.78 Å². The standard InChI is InChI=1S/C13H17ClF2/c1-3-4-10(14)6-7-11-12(15)8-5-9(2)13(11)16/h5,8,10H,3-4,6-7H2,1-2H3. The van der Waals surface area contributed by atoms with E-state index in [-0.39, 0.29) is 10.9 Å². The Hall–Kier alpha value is -0.630. The van der Waals surface area contributed by atoms with E-state index >= 15 is 0 Å². The van der Waals surface area contributed by atoms with Gasteiger partial charge in [-0.1, -0.05) is 19.4 Å². The van der Waals surface area contributed by atoms with Crippen LogP contribution in [0.4, 0.5) is 8.78 Å². The fourth-order valence-corrected chi connectivity index (χ4v) is 2.03. The largest absolute Gasteiger partial charge is 0.207 e. The Bertz CT molecular complexity index is 350. The molecule has 0 fully saturated rings. The lowest BCUT2D eigenvalue weighted by molar-refractivity contribution is 0.539. The summed E-state index contributed by atoms with van der Waals surface area (Å²) < 4.78 is 27.0. The lowest BCUT2D eigenvalue weighted by Gasteiger charge is -2.10. The number of alkyl halides is 1. The van der Waals surface area contributed by atoms with Gasteiger partial charge in [-0.3, -0.25) is 0 Å². The number of benzene rings is 1. The van der Waals surface area contributed by atoms with Crippen LogP contribution in [-0.4, -0.2) is 5.38 Å². The lowest BCUT2D eigenvalue weighted by Crippen LogP contribution is -2.04. The van der Waals surface area contributed by atoms with Crippen LogP contribution in [0, 0.1) is 18.6 Å². The quantitative estimate of drug-likeness (QED) is 0.666. The summed E-state index contributed by atoms with van der Waals surface area (Å²) in [5.41, 5.74) is 0.653. The molecule has 0 bridgehead atoms. The molecule has 0 aliphatic carbocycles. The van der Waals surface area contributed by atoms with Gasteiger partial charge in [-0.25, -0.2) is 8.78 Å². The molecule has 3 heteroatoms. The van der Waals surface area contributed by atoms with Gasteiger partial charge in [0.25, 0.3) is 0 Å². The van der Waals surface area contributed by atoms with Crippen molar-refractivity contribution >= 4 is 11.6 Å². The van der Waals surface area contributed by atoms with Crippen molar-refractivity contribution in [2.75, 3.05) is 0 Å². The molecule has 0 N–H and O–H groups in total. The summed E-state index contributed by atoms with van der Waals surface area (Å²) in [7, 11) is 0. The molecule has 0 heterocycles. The summed E-state index contributed by atoms with van der Waals surface area (Å²) in [5.74, 6) is -0.899. The minimum Gasteiger partial charge on any atom is -0.207 e. The van der Waals surface area contributed by atoms with Crippen LogP contribution in [0.25, 0.3) is 0 Å². The van der Waals surface area contributed by atoms with Crippen molar-refractivity contribution in [1.29, 1.82) is 0 Å². The maximum atomic E-state index is 13.6. The van der Waals surface area contributed by atoms with E-state index in [0.717, 1.165) is 12.8 Å². The molecule has 0 amide bonds. The summed E-state index contributed by atoms with van der Waals surface area (Å²) in [4.78, 5) is 0. The number of halogens is 3. The third-order valence-corrected chi connectivity index (χ3v) is 3.13. The normalized spacial score (nSPS) is 12.8. The van der Waals surface area contributed by atoms with Crippen LogP contribution in [0.15, 0.2) is 12.1 Å². The van der Waals surface area contributed by atoms with E-state index in [4.69, 9.17) is 11.6 Å². The molecule has 0 aromatic heterocycles. The second-order valence-corrected chi connectivity index (χ2v) is 4.70. The van der Waals surface area contributed by atoms with E-state index in [1.165, 1.54) is 12.1 Å². The van der Waals surface area contributed by atoms with Gasteiger partial charge in [-0.05, 0) is 37.8 Å². The molecular formula is C13H17ClF2. The predicted octanol–water partition coefficient (Wildman–Crippen LogP) is 4.61. The Labute approximate surface area is 101 Å². The van der Waals surface area contributed by atoms with Crippen molar-refractivity contribution in [2.24, 2.45) is 0 Å². The first-order valence-electron chi connectivity index (χ1n) is 5.63. The average Bonchev–Trinajstić information content (AvgIpc) is 2.24. The highest BCUT2D eigenvalue weighted by Crippen LogP contribution is 2.20. The third-order valence-electron chi connectivity index (χ3n) is 2.69. The van der Waals surface area contributed by atoms with Crippen LogP contribution in [0.3, 0.4) is 0 Å². The van der Waals surface area contributed by atoms with Crippen LogP contribution >= 0.6 is 11.6 Å². The van der Waals surface area contributed by atoms with Gasteiger partial charge < -0.3 is 0 Å². The number of hydrogen-bond acceptors (Lipinski definition) is 0. The van der Waals surface area contributed by atoms with Gasteiger partial charge in [-0.2, -0.15) is 0 Å². The first-order chi connectivity index (χ1) is 7.56. The van der Waals surface area contributed by atoms with E-state index < -0.39 is 11.6 Å². The second kappa shape index (κ2) is 6.19. The first kappa shape index (κ1) is 13.4. The summed E-state index contributed by atoms with van der Waals surface area (Å²) in [6.45, 7) is 3.69. The van der Waals surface area contributed by atoms with Gasteiger partial charge in [0.05, 0.1) is 0 Å². The van der Waals surface area contributed by atoms with Gasteiger partial charge in [-0.15, -0.1) is 11.6 Å². The molecule has 1 unspecified atom stereocenters. The van der Waals surface area contributed by atoms with Crippen molar-refractivity contribution in [2.45, 2.75) is 44.9 Å². The van der Waals surface area contributed by atoms with E-state index in [0.29, 0.717) is 18.4 Å². The van der Waals surface area contributed by atoms with Gasteiger partial charge >= 0.3 is 0 Å². The molecule has 1 aromatic carbocycles. The smallest absolute Gasteiger partial charge is 0.132 e. The molecule has 90 valence electrons. The van der Waals surface area contributed by atoms with Gasteiger partial charge in [0.15, 0.2) is 0 Å². The zero-order valence-corrected chi connectivity index (χ0v) is 10.5. The first-order valence-corrected chi connectivity index (χ1v) is 6.07. The molecule has 0 aliphatic rings. The summed E-state index contributed by atoms with van der Waals surface area (Å²) in [5, 5.41) is 0.00399.